The van der Waals surface area contributed by atoms with E-state index in [1.165, 1.54) is 12.1 Å². The number of carbonyl (C=O) groups is 1. The van der Waals surface area contributed by atoms with Gasteiger partial charge >= 0.3 is 0 Å². The zero-order chi connectivity index (χ0) is 23.7. The summed E-state index contributed by atoms with van der Waals surface area (Å²) in [6, 6.07) is 16.1. The van der Waals surface area contributed by atoms with Gasteiger partial charge in [0.05, 0.1) is 11.2 Å². The molecule has 7 heteroatoms. The average molecular weight is 459 g/mol. The van der Waals surface area contributed by atoms with Crippen LogP contribution in [0.4, 0.5) is 4.39 Å². The second-order valence-corrected chi connectivity index (χ2v) is 8.41. The number of piperazine rings is 1. The zero-order valence-corrected chi connectivity index (χ0v) is 19.3. The Hall–Kier alpha value is -3.71. The van der Waals surface area contributed by atoms with Crippen LogP contribution in [0.3, 0.4) is 0 Å². The van der Waals surface area contributed by atoms with Gasteiger partial charge in [0.25, 0.3) is 5.91 Å². The number of para-hydroxylation sites is 1. The molecule has 4 aromatic rings. The second kappa shape index (κ2) is 9.27. The Morgan fingerprint density at radius 1 is 1.12 bits per heavy atom. The Morgan fingerprint density at radius 2 is 1.88 bits per heavy atom. The summed E-state index contributed by atoms with van der Waals surface area (Å²) in [5.41, 5.74) is 3.79. The molecule has 0 spiro atoms. The third-order valence-electron chi connectivity index (χ3n) is 6.23. The molecule has 1 aliphatic heterocycles. The first-order valence-electron chi connectivity index (χ1n) is 11.6. The highest BCUT2D eigenvalue weighted by molar-refractivity contribution is 6.10. The van der Waals surface area contributed by atoms with Crippen LogP contribution in [-0.4, -0.2) is 46.5 Å². The Kier molecular flexibility index (Phi) is 6.02. The summed E-state index contributed by atoms with van der Waals surface area (Å²) in [6.07, 6.45) is 2.43. The molecule has 1 amide bonds. The molecule has 1 saturated heterocycles. The van der Waals surface area contributed by atoms with Crippen LogP contribution in [0.2, 0.25) is 0 Å². The van der Waals surface area contributed by atoms with E-state index in [-0.39, 0.29) is 5.91 Å². The zero-order valence-electron chi connectivity index (χ0n) is 19.3. The Morgan fingerprint density at radius 3 is 2.62 bits per heavy atom. The average Bonchev–Trinajstić information content (AvgIpc) is 3.20. The molecule has 0 aliphatic carbocycles. The topological polar surface area (TPSA) is 59.4 Å². The van der Waals surface area contributed by atoms with E-state index < -0.39 is 5.82 Å². The first-order valence-corrected chi connectivity index (χ1v) is 11.6. The fraction of sp³-hybridized carbons (Fsp3) is 0.259. The predicted molar refractivity (Wildman–Crippen MR) is 130 cm³/mol. The highest BCUT2D eigenvalue weighted by Gasteiger charge is 2.31. The number of ether oxygens (including phenoxy) is 1. The van der Waals surface area contributed by atoms with Crippen LogP contribution in [0.15, 0.2) is 60.8 Å². The summed E-state index contributed by atoms with van der Waals surface area (Å²) in [5.74, 6) is 0.258. The highest BCUT2D eigenvalue weighted by atomic mass is 19.1. The fourth-order valence-corrected chi connectivity index (χ4v) is 4.48. The number of hydrogen-bond acceptors (Lipinski definition) is 4. The molecule has 1 fully saturated rings. The number of amides is 1. The Bertz CT molecular complexity index is 1340. The number of nitrogens with zero attached hydrogens (tertiary/aromatic N) is 3. The van der Waals surface area contributed by atoms with E-state index in [9.17, 15) is 9.18 Å². The van der Waals surface area contributed by atoms with E-state index in [1.807, 2.05) is 59.7 Å². The predicted octanol–water partition coefficient (Wildman–Crippen LogP) is 4.87. The molecular weight excluding hydrogens is 431 g/mol. The maximum atomic E-state index is 14.2. The number of pyridine rings is 1. The van der Waals surface area contributed by atoms with Crippen molar-refractivity contribution in [2.75, 3.05) is 26.2 Å². The number of fused-ring (bicyclic) bond motifs is 1. The van der Waals surface area contributed by atoms with Crippen LogP contribution in [0.5, 0.6) is 11.6 Å². The van der Waals surface area contributed by atoms with E-state index >= 15 is 0 Å². The Labute approximate surface area is 198 Å². The van der Waals surface area contributed by atoms with Gasteiger partial charge in [-0.25, -0.2) is 4.39 Å². The lowest BCUT2D eigenvalue weighted by molar-refractivity contribution is 0.0735. The lowest BCUT2D eigenvalue weighted by atomic mass is 10.1. The van der Waals surface area contributed by atoms with Gasteiger partial charge in [-0.3, -0.25) is 14.3 Å². The number of aryl methyl sites for hydroxylation is 2. The minimum absolute atomic E-state index is 0.0986. The molecule has 5 rings (SSSR count). The summed E-state index contributed by atoms with van der Waals surface area (Å²) in [6.45, 7) is 6.61. The summed E-state index contributed by atoms with van der Waals surface area (Å²) in [4.78, 5) is 20.4. The van der Waals surface area contributed by atoms with Crippen molar-refractivity contribution in [3.8, 4) is 17.3 Å². The maximum absolute atomic E-state index is 14.2. The molecule has 3 heterocycles. The molecule has 2 aromatic carbocycles. The smallest absolute Gasteiger partial charge is 0.260 e. The first kappa shape index (κ1) is 22.1. The van der Waals surface area contributed by atoms with Gasteiger partial charge in [0.1, 0.15) is 17.1 Å². The maximum Gasteiger partial charge on any atom is 0.260 e. The SMILES string of the molecule is CCc1nccc2c(C(=O)N3CCNCC3)c(Oc3cc(F)ccc3C)n(-c3ccccc3)c12. The van der Waals surface area contributed by atoms with Crippen molar-refractivity contribution in [3.63, 3.8) is 0 Å². The van der Waals surface area contributed by atoms with Crippen molar-refractivity contribution in [1.29, 1.82) is 0 Å². The molecule has 174 valence electrons. The minimum atomic E-state index is -0.395. The fourth-order valence-electron chi connectivity index (χ4n) is 4.48. The molecule has 0 atom stereocenters. The summed E-state index contributed by atoms with van der Waals surface area (Å²) >= 11 is 0. The van der Waals surface area contributed by atoms with Crippen molar-refractivity contribution >= 4 is 16.8 Å². The lowest BCUT2D eigenvalue weighted by Gasteiger charge is -2.27. The molecule has 1 aliphatic rings. The molecule has 6 nitrogen and oxygen atoms in total. The summed E-state index contributed by atoms with van der Waals surface area (Å²) in [5, 5.41) is 4.07. The quantitative estimate of drug-likeness (QED) is 0.463. The summed E-state index contributed by atoms with van der Waals surface area (Å²) < 4.78 is 22.5. The molecule has 0 bridgehead atoms. The monoisotopic (exact) mass is 458 g/mol. The van der Waals surface area contributed by atoms with Crippen molar-refractivity contribution in [1.82, 2.24) is 19.8 Å². The van der Waals surface area contributed by atoms with Gasteiger partial charge < -0.3 is 15.0 Å². The van der Waals surface area contributed by atoms with Crippen LogP contribution in [-0.2, 0) is 6.42 Å². The van der Waals surface area contributed by atoms with Crippen molar-refractivity contribution in [2.24, 2.45) is 0 Å². The molecule has 0 saturated carbocycles. The van der Waals surface area contributed by atoms with Crippen molar-refractivity contribution in [2.45, 2.75) is 20.3 Å². The lowest BCUT2D eigenvalue weighted by Crippen LogP contribution is -2.46. The molecule has 34 heavy (non-hydrogen) atoms. The number of hydrogen-bond donors (Lipinski definition) is 1. The third-order valence-corrected chi connectivity index (χ3v) is 6.23. The number of aromatic nitrogens is 2. The van der Waals surface area contributed by atoms with E-state index in [0.717, 1.165) is 40.9 Å². The van der Waals surface area contributed by atoms with Gasteiger partial charge in [-0.2, -0.15) is 0 Å². The van der Waals surface area contributed by atoms with Crippen LogP contribution in [0, 0.1) is 12.7 Å². The molecule has 2 aromatic heterocycles. The normalized spacial score (nSPS) is 13.9. The van der Waals surface area contributed by atoms with Gasteiger partial charge in [0, 0.05) is 49.5 Å². The van der Waals surface area contributed by atoms with Gasteiger partial charge in [-0.1, -0.05) is 31.2 Å². The highest BCUT2D eigenvalue weighted by Crippen LogP contribution is 2.40. The standard InChI is InChI=1S/C27H27FN4O2/c1-3-22-25-21(11-12-30-22)24(26(33)31-15-13-29-14-16-31)27(32(25)20-7-5-4-6-8-20)34-23-17-19(28)10-9-18(23)2/h4-12,17,29H,3,13-16H2,1-2H3. The van der Waals surface area contributed by atoms with E-state index in [0.29, 0.717) is 36.7 Å². The van der Waals surface area contributed by atoms with E-state index in [1.54, 1.807) is 12.3 Å². The summed E-state index contributed by atoms with van der Waals surface area (Å²) in [7, 11) is 0. The van der Waals surface area contributed by atoms with Crippen LogP contribution in [0.1, 0.15) is 28.5 Å². The molecular formula is C27H27FN4O2. The molecule has 0 unspecified atom stereocenters. The Balaban J connectivity index is 1.82. The number of rotatable bonds is 5. The number of halogens is 1. The number of nitrogens with one attached hydrogen (secondary N) is 1. The number of carbonyl (C=O) groups excluding carboxylic acids is 1. The van der Waals surface area contributed by atoms with E-state index in [2.05, 4.69) is 10.3 Å². The van der Waals surface area contributed by atoms with Crippen molar-refractivity contribution < 1.29 is 13.9 Å². The third kappa shape index (κ3) is 3.92. The minimum Gasteiger partial charge on any atom is -0.439 e. The van der Waals surface area contributed by atoms with Gasteiger partial charge in [0.15, 0.2) is 0 Å². The van der Waals surface area contributed by atoms with Crippen LogP contribution >= 0.6 is 0 Å². The first-order chi connectivity index (χ1) is 16.6. The van der Waals surface area contributed by atoms with Gasteiger partial charge in [-0.15, -0.1) is 0 Å². The largest absolute Gasteiger partial charge is 0.439 e. The van der Waals surface area contributed by atoms with Crippen LogP contribution < -0.4 is 10.1 Å². The van der Waals surface area contributed by atoms with Gasteiger partial charge in [-0.05, 0) is 43.2 Å². The van der Waals surface area contributed by atoms with Crippen LogP contribution in [0.25, 0.3) is 16.6 Å². The number of benzene rings is 2. The molecule has 1 N–H and O–H groups in total. The van der Waals surface area contributed by atoms with Gasteiger partial charge in [0.2, 0.25) is 5.88 Å². The molecule has 0 radical (unpaired) electrons. The second-order valence-electron chi connectivity index (χ2n) is 8.41. The van der Waals surface area contributed by atoms with Crippen molar-refractivity contribution in [3.05, 3.63) is 83.4 Å². The van der Waals surface area contributed by atoms with E-state index in [4.69, 9.17) is 4.74 Å².